The Balaban J connectivity index is 2.92. The number of hydrogen-bond donors (Lipinski definition) is 2. The van der Waals surface area contributed by atoms with Gasteiger partial charge < -0.3 is 10.2 Å². The first kappa shape index (κ1) is 15.0. The molecule has 0 aromatic heterocycles. The molecule has 0 radical (unpaired) electrons. The van der Waals surface area contributed by atoms with Crippen molar-refractivity contribution in [3.05, 3.63) is 34.9 Å². The van der Waals surface area contributed by atoms with Gasteiger partial charge in [0.15, 0.2) is 0 Å². The van der Waals surface area contributed by atoms with E-state index in [9.17, 15) is 4.21 Å². The number of hydrogen-bond acceptors (Lipinski definition) is 3. The summed E-state index contributed by atoms with van der Waals surface area (Å²) < 4.78 is 15.4. The Morgan fingerprint density at radius 1 is 1.22 bits per heavy atom. The minimum atomic E-state index is -1.30. The molecule has 0 saturated carbocycles. The van der Waals surface area contributed by atoms with Crippen LogP contribution in [0.4, 0.5) is 0 Å². The van der Waals surface area contributed by atoms with Gasteiger partial charge >= 0.3 is 0 Å². The Labute approximate surface area is 110 Å². The zero-order valence-electron chi connectivity index (χ0n) is 10.9. The quantitative estimate of drug-likeness (QED) is 0.815. The summed E-state index contributed by atoms with van der Waals surface area (Å²) in [4.78, 5) is 0. The zero-order valence-corrected chi connectivity index (χ0v) is 11.7. The Hall–Kier alpha value is -1.04. The molecular formula is C13H19NO3S. The predicted molar refractivity (Wildman–Crippen MR) is 73.8 cm³/mol. The fraction of sp³-hybridized carbons (Fsp3) is 0.462. The molecule has 2 N–H and O–H groups in total. The third-order valence-electron chi connectivity index (χ3n) is 2.39. The van der Waals surface area contributed by atoms with Crippen molar-refractivity contribution in [3.8, 4) is 0 Å². The molecule has 0 fully saturated rings. The first-order valence-corrected chi connectivity index (χ1v) is 6.78. The van der Waals surface area contributed by atoms with Crippen LogP contribution < -0.4 is 0 Å². The largest absolute Gasteiger partial charge is 0.392 e. The van der Waals surface area contributed by atoms with E-state index < -0.39 is 11.0 Å². The van der Waals surface area contributed by atoms with Gasteiger partial charge in [-0.25, -0.2) is 4.21 Å². The average molecular weight is 269 g/mol. The highest BCUT2D eigenvalue weighted by atomic mass is 32.2. The van der Waals surface area contributed by atoms with Crippen LogP contribution in [0.3, 0.4) is 0 Å². The number of benzene rings is 1. The standard InChI is InChI=1S/C13H19NO3S/c1-13(2,3)18(17)14-7-10-4-5-11(8-15)12(6-10)9-16/h4-7,15-16H,8-9H2,1-3H3/b14-7+. The first-order chi connectivity index (χ1) is 8.38. The second kappa shape index (κ2) is 6.22. The molecular weight excluding hydrogens is 250 g/mol. The molecule has 0 bridgehead atoms. The molecule has 1 atom stereocenters. The van der Waals surface area contributed by atoms with Crippen LogP contribution in [0.15, 0.2) is 22.6 Å². The monoisotopic (exact) mass is 269 g/mol. The summed E-state index contributed by atoms with van der Waals surface area (Å²) in [5, 5.41) is 18.2. The molecule has 4 nitrogen and oxygen atoms in total. The summed E-state index contributed by atoms with van der Waals surface area (Å²) in [6, 6.07) is 5.23. The molecule has 5 heteroatoms. The Kier molecular flexibility index (Phi) is 5.19. The van der Waals surface area contributed by atoms with Crippen molar-refractivity contribution in [1.29, 1.82) is 0 Å². The van der Waals surface area contributed by atoms with Gasteiger partial charge in [0.05, 0.1) is 18.0 Å². The molecule has 0 amide bonds. The molecule has 0 heterocycles. The second-order valence-corrected chi connectivity index (χ2v) is 6.87. The van der Waals surface area contributed by atoms with Crippen LogP contribution in [0, 0.1) is 0 Å². The highest BCUT2D eigenvalue weighted by Crippen LogP contribution is 2.14. The summed E-state index contributed by atoms with van der Waals surface area (Å²) in [6.07, 6.45) is 1.53. The van der Waals surface area contributed by atoms with Gasteiger partial charge in [-0.1, -0.05) is 12.1 Å². The minimum absolute atomic E-state index is 0.110. The lowest BCUT2D eigenvalue weighted by Crippen LogP contribution is -2.19. The molecule has 0 saturated heterocycles. The zero-order chi connectivity index (χ0) is 13.8. The van der Waals surface area contributed by atoms with Crippen molar-refractivity contribution in [2.45, 2.75) is 38.7 Å². The summed E-state index contributed by atoms with van der Waals surface area (Å²) in [5.74, 6) is 0. The predicted octanol–water partition coefficient (Wildman–Crippen LogP) is 1.55. The fourth-order valence-corrected chi connectivity index (χ4v) is 1.83. The molecule has 100 valence electrons. The molecule has 1 aromatic rings. The van der Waals surface area contributed by atoms with Gasteiger partial charge in [-0.3, -0.25) is 0 Å². The van der Waals surface area contributed by atoms with Gasteiger partial charge in [-0.15, -0.1) is 0 Å². The van der Waals surface area contributed by atoms with Crippen molar-refractivity contribution in [2.75, 3.05) is 0 Å². The van der Waals surface area contributed by atoms with Gasteiger partial charge in [0.1, 0.15) is 11.0 Å². The number of nitrogens with zero attached hydrogens (tertiary/aromatic N) is 1. The van der Waals surface area contributed by atoms with Gasteiger partial charge in [0, 0.05) is 6.21 Å². The summed E-state index contributed by atoms with van der Waals surface area (Å²) >= 11 is 0. The molecule has 1 aromatic carbocycles. The van der Waals surface area contributed by atoms with Crippen molar-refractivity contribution < 1.29 is 14.4 Å². The van der Waals surface area contributed by atoms with E-state index >= 15 is 0 Å². The maximum Gasteiger partial charge on any atom is 0.144 e. The van der Waals surface area contributed by atoms with E-state index in [1.54, 1.807) is 18.2 Å². The van der Waals surface area contributed by atoms with Crippen LogP contribution in [-0.2, 0) is 24.2 Å². The minimum Gasteiger partial charge on any atom is -0.392 e. The SMILES string of the molecule is CC(C)(C)S(=O)/N=C/c1ccc(CO)c(CO)c1. The fourth-order valence-electron chi connectivity index (χ4n) is 1.29. The van der Waals surface area contributed by atoms with E-state index in [0.717, 1.165) is 5.56 Å². The van der Waals surface area contributed by atoms with E-state index in [1.165, 1.54) is 6.21 Å². The van der Waals surface area contributed by atoms with E-state index in [4.69, 9.17) is 10.2 Å². The van der Waals surface area contributed by atoms with E-state index in [2.05, 4.69) is 4.40 Å². The van der Waals surface area contributed by atoms with Crippen LogP contribution in [0.5, 0.6) is 0 Å². The molecule has 0 aliphatic rings. The van der Waals surface area contributed by atoms with Crippen molar-refractivity contribution in [3.63, 3.8) is 0 Å². The van der Waals surface area contributed by atoms with Gasteiger partial charge in [-0.2, -0.15) is 4.40 Å². The lowest BCUT2D eigenvalue weighted by atomic mass is 10.1. The third kappa shape index (κ3) is 4.01. The molecule has 0 spiro atoms. The highest BCUT2D eigenvalue weighted by molar-refractivity contribution is 7.85. The summed E-state index contributed by atoms with van der Waals surface area (Å²) in [5.41, 5.74) is 2.10. The van der Waals surface area contributed by atoms with Crippen LogP contribution in [0.2, 0.25) is 0 Å². The van der Waals surface area contributed by atoms with Crippen LogP contribution in [0.25, 0.3) is 0 Å². The first-order valence-electron chi connectivity index (χ1n) is 5.68. The van der Waals surface area contributed by atoms with Crippen molar-refractivity contribution >= 4 is 17.2 Å². The Morgan fingerprint density at radius 3 is 2.33 bits per heavy atom. The summed E-state index contributed by atoms with van der Waals surface area (Å²) in [6.45, 7) is 5.32. The average Bonchev–Trinajstić information content (AvgIpc) is 2.34. The normalized spacial score (nSPS) is 14.1. The molecule has 18 heavy (non-hydrogen) atoms. The maximum atomic E-state index is 11.7. The molecule has 0 aliphatic carbocycles. The number of aliphatic hydroxyl groups is 2. The van der Waals surface area contributed by atoms with Crippen LogP contribution >= 0.6 is 0 Å². The van der Waals surface area contributed by atoms with Crippen LogP contribution in [0.1, 0.15) is 37.5 Å². The van der Waals surface area contributed by atoms with Crippen molar-refractivity contribution in [1.82, 2.24) is 0 Å². The van der Waals surface area contributed by atoms with E-state index in [-0.39, 0.29) is 18.0 Å². The smallest absolute Gasteiger partial charge is 0.144 e. The highest BCUT2D eigenvalue weighted by Gasteiger charge is 2.18. The van der Waals surface area contributed by atoms with E-state index in [0.29, 0.717) is 11.1 Å². The van der Waals surface area contributed by atoms with E-state index in [1.807, 2.05) is 20.8 Å². The second-order valence-electron chi connectivity index (χ2n) is 4.94. The molecule has 1 unspecified atom stereocenters. The van der Waals surface area contributed by atoms with Gasteiger partial charge in [-0.05, 0) is 43.5 Å². The number of rotatable bonds is 4. The Bertz CT molecular complexity index is 464. The third-order valence-corrected chi connectivity index (χ3v) is 3.74. The lowest BCUT2D eigenvalue weighted by molar-refractivity contribution is 0.260. The molecule has 0 aliphatic heterocycles. The maximum absolute atomic E-state index is 11.7. The molecule has 1 rings (SSSR count). The van der Waals surface area contributed by atoms with Crippen LogP contribution in [-0.4, -0.2) is 25.4 Å². The summed E-state index contributed by atoms with van der Waals surface area (Å²) in [7, 11) is -1.30. The van der Waals surface area contributed by atoms with Gasteiger partial charge in [0.2, 0.25) is 0 Å². The topological polar surface area (TPSA) is 69.9 Å². The lowest BCUT2D eigenvalue weighted by Gasteiger charge is -2.12. The van der Waals surface area contributed by atoms with Gasteiger partial charge in [0.25, 0.3) is 0 Å². The number of aliphatic hydroxyl groups excluding tert-OH is 2. The Morgan fingerprint density at radius 2 is 1.83 bits per heavy atom. The van der Waals surface area contributed by atoms with Crippen molar-refractivity contribution in [2.24, 2.45) is 4.40 Å².